The van der Waals surface area contributed by atoms with Crippen LogP contribution in [0, 0.1) is 0 Å². The van der Waals surface area contributed by atoms with Crippen molar-refractivity contribution in [1.29, 1.82) is 0 Å². The van der Waals surface area contributed by atoms with E-state index in [1.807, 2.05) is 11.8 Å². The third kappa shape index (κ3) is 6.20. The van der Waals surface area contributed by atoms with Crippen LogP contribution in [0.2, 0.25) is 0 Å². The average Bonchev–Trinajstić information content (AvgIpc) is 3.70. The maximum Gasteiger partial charge on any atom is 0.249 e. The zero-order chi connectivity index (χ0) is 44.1. The Kier molecular flexibility index (Phi) is 8.85. The van der Waals surface area contributed by atoms with Crippen LogP contribution in [0.1, 0.15) is 26.3 Å². The number of fused-ring (bicyclic) bond motifs is 8. The van der Waals surface area contributed by atoms with E-state index in [1.54, 1.807) is 0 Å². The minimum absolute atomic E-state index is 0.0212. The summed E-state index contributed by atoms with van der Waals surface area (Å²) in [5, 5.41) is 4.99. The Hall–Kier alpha value is -7.53. The predicted octanol–water partition coefficient (Wildman–Crippen LogP) is 15.0. The van der Waals surface area contributed by atoms with E-state index in [4.69, 9.17) is 0 Å². The van der Waals surface area contributed by atoms with Crippen LogP contribution in [0.15, 0.2) is 228 Å². The fraction of sp³-hybridized carbons (Fsp3) is 0.0645. The van der Waals surface area contributed by atoms with Crippen LogP contribution in [0.4, 0.5) is 17.1 Å². The highest BCUT2D eigenvalue weighted by molar-refractivity contribution is 8.00. The minimum Gasteiger partial charge on any atom is -0.311 e. The molecule has 0 spiro atoms. The molecule has 1 aromatic heterocycles. The Bertz CT molecular complexity index is 3660. The first-order valence-electron chi connectivity index (χ1n) is 23.0. The molecular weight excluding hydrogens is 816 g/mol. The zero-order valence-corrected chi connectivity index (χ0v) is 38.0. The summed E-state index contributed by atoms with van der Waals surface area (Å²) in [6.45, 7) is 6.85. The third-order valence-corrected chi connectivity index (χ3v) is 15.1. The molecule has 312 valence electrons. The van der Waals surface area contributed by atoms with Gasteiger partial charge in [0, 0.05) is 43.2 Å². The quantitative estimate of drug-likeness (QED) is 0.159. The Balaban J connectivity index is 1.11. The Morgan fingerprint density at radius 2 is 1.02 bits per heavy atom. The second-order valence-corrected chi connectivity index (χ2v) is 20.0. The normalized spacial score (nSPS) is 13.0. The van der Waals surface area contributed by atoms with Gasteiger partial charge in [0.05, 0.1) is 16.7 Å². The van der Waals surface area contributed by atoms with Crippen LogP contribution in [0.3, 0.4) is 0 Å². The number of anilines is 3. The van der Waals surface area contributed by atoms with Gasteiger partial charge in [0.2, 0.25) is 6.71 Å². The second-order valence-electron chi connectivity index (χ2n) is 18.9. The maximum atomic E-state index is 2.60. The molecular formula is C62H45BN2S. The molecule has 66 heavy (non-hydrogen) atoms. The van der Waals surface area contributed by atoms with Gasteiger partial charge in [0.1, 0.15) is 0 Å². The number of aromatic nitrogens is 1. The van der Waals surface area contributed by atoms with E-state index in [2.05, 4.69) is 249 Å². The summed E-state index contributed by atoms with van der Waals surface area (Å²) in [6, 6.07) is 81.8. The van der Waals surface area contributed by atoms with E-state index >= 15 is 0 Å². The summed E-state index contributed by atoms with van der Waals surface area (Å²) in [5.74, 6) is 0. The predicted molar refractivity (Wildman–Crippen MR) is 283 cm³/mol. The van der Waals surface area contributed by atoms with Gasteiger partial charge in [-0.1, -0.05) is 196 Å². The molecule has 2 aliphatic rings. The number of para-hydroxylation sites is 2. The summed E-state index contributed by atoms with van der Waals surface area (Å²) in [6.07, 6.45) is 0. The number of hydrogen-bond acceptors (Lipinski definition) is 2. The van der Waals surface area contributed by atoms with E-state index in [0.29, 0.717) is 0 Å². The first-order chi connectivity index (χ1) is 32.4. The van der Waals surface area contributed by atoms with Crippen molar-refractivity contribution in [3.63, 3.8) is 0 Å². The molecule has 2 nitrogen and oxygen atoms in total. The lowest BCUT2D eigenvalue weighted by Crippen LogP contribution is -2.60. The largest absolute Gasteiger partial charge is 0.311 e. The standard InChI is InChI=1S/C62H45BN2S/c1-62(2,3)47-29-26-41(27-30-47)46-37-58-61-60(38-46)66-59-33-31-48(64-54-24-14-12-22-49(54)50-23-13-15-25-55(50)64)39-53(59)63(61)52-35-45(40-16-6-4-7-17-40)28-32-56(52)65(58)57-36-44-21-11-10-20-43(44)34-51(57)42-18-8-5-9-19-42/h4-39H,1-3H3. The highest BCUT2D eigenvalue weighted by Gasteiger charge is 2.42. The third-order valence-electron chi connectivity index (χ3n) is 14.0. The molecule has 0 saturated carbocycles. The lowest BCUT2D eigenvalue weighted by Gasteiger charge is -2.41. The summed E-state index contributed by atoms with van der Waals surface area (Å²) < 4.78 is 2.47. The molecule has 0 saturated heterocycles. The second kappa shape index (κ2) is 15.0. The molecule has 13 rings (SSSR count). The van der Waals surface area contributed by atoms with Gasteiger partial charge in [-0.15, -0.1) is 0 Å². The van der Waals surface area contributed by atoms with Gasteiger partial charge in [0.25, 0.3) is 0 Å². The van der Waals surface area contributed by atoms with Crippen molar-refractivity contribution < 1.29 is 0 Å². The summed E-state index contributed by atoms with van der Waals surface area (Å²) in [4.78, 5) is 5.19. The van der Waals surface area contributed by atoms with E-state index < -0.39 is 0 Å². The van der Waals surface area contributed by atoms with Crippen LogP contribution in [-0.2, 0) is 5.41 Å². The van der Waals surface area contributed by atoms with Gasteiger partial charge in [-0.25, -0.2) is 0 Å². The minimum atomic E-state index is -0.0212. The number of hydrogen-bond donors (Lipinski definition) is 0. The first-order valence-corrected chi connectivity index (χ1v) is 23.8. The molecule has 0 amide bonds. The molecule has 0 unspecified atom stereocenters. The van der Waals surface area contributed by atoms with Gasteiger partial charge >= 0.3 is 0 Å². The van der Waals surface area contributed by atoms with Crippen LogP contribution in [0.25, 0.3) is 71.6 Å². The fourth-order valence-corrected chi connectivity index (χ4v) is 11.9. The number of nitrogens with zero attached hydrogens (tertiary/aromatic N) is 2. The molecule has 3 heterocycles. The van der Waals surface area contributed by atoms with E-state index in [9.17, 15) is 0 Å². The van der Waals surface area contributed by atoms with Crippen molar-refractivity contribution in [2.45, 2.75) is 36.0 Å². The van der Waals surface area contributed by atoms with Gasteiger partial charge in [-0.05, 0) is 121 Å². The van der Waals surface area contributed by atoms with E-state index in [-0.39, 0.29) is 12.1 Å². The summed E-state index contributed by atoms with van der Waals surface area (Å²) in [5.41, 5.74) is 19.9. The summed E-state index contributed by atoms with van der Waals surface area (Å²) in [7, 11) is 0. The highest BCUT2D eigenvalue weighted by atomic mass is 32.2. The maximum absolute atomic E-state index is 2.60. The molecule has 0 N–H and O–H groups in total. The summed E-state index contributed by atoms with van der Waals surface area (Å²) >= 11 is 1.92. The van der Waals surface area contributed by atoms with Crippen LogP contribution < -0.4 is 21.3 Å². The molecule has 11 aromatic rings. The molecule has 2 aliphatic heterocycles. The highest BCUT2D eigenvalue weighted by Crippen LogP contribution is 2.48. The SMILES string of the molecule is CC(C)(C)c1ccc(-c2cc3c4c(c2)N(c2cc5ccccc5cc2-c2ccccc2)c2ccc(-c5ccccc5)cc2B4c2cc(-n4c5ccccc5c5ccccc54)ccc2S3)cc1. The van der Waals surface area contributed by atoms with E-state index in [1.165, 1.54) is 120 Å². The molecule has 0 fully saturated rings. The van der Waals surface area contributed by atoms with Gasteiger partial charge in [0.15, 0.2) is 0 Å². The lowest BCUT2D eigenvalue weighted by molar-refractivity contribution is 0.590. The Morgan fingerprint density at radius 1 is 0.409 bits per heavy atom. The van der Waals surface area contributed by atoms with Crippen LogP contribution >= 0.6 is 11.8 Å². The zero-order valence-electron chi connectivity index (χ0n) is 37.2. The monoisotopic (exact) mass is 860 g/mol. The number of rotatable bonds is 5. The molecule has 0 aliphatic carbocycles. The van der Waals surface area contributed by atoms with Gasteiger partial charge < -0.3 is 9.47 Å². The molecule has 4 heteroatoms. The molecule has 0 radical (unpaired) electrons. The van der Waals surface area contributed by atoms with Crippen molar-refractivity contribution in [3.8, 4) is 39.1 Å². The van der Waals surface area contributed by atoms with Crippen molar-refractivity contribution in [2.75, 3.05) is 4.90 Å². The molecule has 0 bridgehead atoms. The first kappa shape index (κ1) is 38.9. The lowest BCUT2D eigenvalue weighted by atomic mass is 9.34. The van der Waals surface area contributed by atoms with Crippen LogP contribution in [0.5, 0.6) is 0 Å². The topological polar surface area (TPSA) is 8.17 Å². The van der Waals surface area contributed by atoms with Crippen molar-refractivity contribution in [2.24, 2.45) is 0 Å². The Morgan fingerprint density at radius 3 is 1.71 bits per heavy atom. The van der Waals surface area contributed by atoms with Crippen molar-refractivity contribution in [3.05, 3.63) is 224 Å². The average molecular weight is 861 g/mol. The van der Waals surface area contributed by atoms with Crippen LogP contribution in [-0.4, -0.2) is 11.3 Å². The molecule has 0 atom stereocenters. The number of benzene rings is 10. The van der Waals surface area contributed by atoms with Gasteiger partial charge in [-0.2, -0.15) is 0 Å². The Labute approximate surface area is 390 Å². The smallest absolute Gasteiger partial charge is 0.249 e. The van der Waals surface area contributed by atoms with Crippen molar-refractivity contribution in [1.82, 2.24) is 4.57 Å². The molecule has 10 aromatic carbocycles. The van der Waals surface area contributed by atoms with E-state index in [0.717, 1.165) is 0 Å². The van der Waals surface area contributed by atoms with Gasteiger partial charge in [-0.3, -0.25) is 0 Å². The van der Waals surface area contributed by atoms with Crippen molar-refractivity contribution >= 4 is 84.5 Å². The fourth-order valence-electron chi connectivity index (χ4n) is 10.7.